The lowest BCUT2D eigenvalue weighted by Gasteiger charge is -2.06. The number of hydrogen-bond acceptors (Lipinski definition) is 2. The Morgan fingerprint density at radius 1 is 1.06 bits per heavy atom. The van der Waals surface area contributed by atoms with E-state index < -0.39 is 0 Å². The molecule has 3 nitrogen and oxygen atoms in total. The Kier molecular flexibility index (Phi) is 2.35. The van der Waals surface area contributed by atoms with Gasteiger partial charge < -0.3 is 5.32 Å². The highest BCUT2D eigenvalue weighted by Crippen LogP contribution is 2.29. The molecule has 0 fully saturated rings. The summed E-state index contributed by atoms with van der Waals surface area (Å²) in [6.07, 6.45) is 0. The van der Waals surface area contributed by atoms with Gasteiger partial charge in [-0.25, -0.2) is 0 Å². The summed E-state index contributed by atoms with van der Waals surface area (Å²) in [6, 6.07) is 15.2. The molecule has 0 atom stereocenters. The lowest BCUT2D eigenvalue weighted by atomic mass is 9.96. The van der Waals surface area contributed by atoms with E-state index in [0.717, 1.165) is 22.3 Å². The van der Waals surface area contributed by atoms with E-state index in [1.54, 1.807) is 12.1 Å². The van der Waals surface area contributed by atoms with E-state index in [-0.39, 0.29) is 5.91 Å². The Morgan fingerprint density at radius 3 is 2.50 bits per heavy atom. The minimum absolute atomic E-state index is 0.0134. The summed E-state index contributed by atoms with van der Waals surface area (Å²) in [5, 5.41) is 11.6. The van der Waals surface area contributed by atoms with Gasteiger partial charge in [0.05, 0.1) is 11.6 Å². The fourth-order valence-corrected chi connectivity index (χ4v) is 2.25. The summed E-state index contributed by atoms with van der Waals surface area (Å²) < 4.78 is 0. The van der Waals surface area contributed by atoms with Gasteiger partial charge in [0.2, 0.25) is 0 Å². The van der Waals surface area contributed by atoms with E-state index in [2.05, 4.69) is 11.4 Å². The first-order valence-corrected chi connectivity index (χ1v) is 5.70. The molecule has 0 aliphatic carbocycles. The monoisotopic (exact) mass is 234 g/mol. The molecule has 1 aliphatic heterocycles. The van der Waals surface area contributed by atoms with E-state index >= 15 is 0 Å². The van der Waals surface area contributed by atoms with Crippen LogP contribution in [0.2, 0.25) is 0 Å². The number of carbonyl (C=O) groups excluding carboxylic acids is 1. The Morgan fingerprint density at radius 2 is 1.78 bits per heavy atom. The molecule has 0 saturated carbocycles. The van der Waals surface area contributed by atoms with Crippen LogP contribution in [0, 0.1) is 11.3 Å². The second-order valence-corrected chi connectivity index (χ2v) is 4.20. The number of nitrogens with zero attached hydrogens (tertiary/aromatic N) is 1. The van der Waals surface area contributed by atoms with Crippen molar-refractivity contribution in [1.29, 1.82) is 5.26 Å². The molecular weight excluding hydrogens is 224 g/mol. The van der Waals surface area contributed by atoms with E-state index in [0.29, 0.717) is 12.1 Å². The molecule has 0 saturated heterocycles. The zero-order chi connectivity index (χ0) is 12.5. The van der Waals surface area contributed by atoms with Gasteiger partial charge in [0.1, 0.15) is 0 Å². The fourth-order valence-electron chi connectivity index (χ4n) is 2.25. The van der Waals surface area contributed by atoms with Gasteiger partial charge in [-0.1, -0.05) is 24.3 Å². The molecule has 1 N–H and O–H groups in total. The Hall–Kier alpha value is -2.60. The van der Waals surface area contributed by atoms with Crippen molar-refractivity contribution in [3.8, 4) is 17.2 Å². The Balaban J connectivity index is 2.13. The number of amides is 1. The zero-order valence-corrected chi connectivity index (χ0v) is 9.60. The maximum absolute atomic E-state index is 11.6. The van der Waals surface area contributed by atoms with Gasteiger partial charge in [0.25, 0.3) is 5.91 Å². The predicted octanol–water partition coefficient (Wildman–Crippen LogP) is 2.47. The number of benzene rings is 2. The molecule has 0 aromatic heterocycles. The zero-order valence-electron chi connectivity index (χ0n) is 9.60. The topological polar surface area (TPSA) is 52.9 Å². The van der Waals surface area contributed by atoms with Crippen LogP contribution < -0.4 is 5.32 Å². The van der Waals surface area contributed by atoms with Crippen molar-refractivity contribution in [2.75, 3.05) is 0 Å². The van der Waals surface area contributed by atoms with E-state index in [4.69, 9.17) is 5.26 Å². The van der Waals surface area contributed by atoms with Gasteiger partial charge in [-0.15, -0.1) is 0 Å². The maximum atomic E-state index is 11.6. The van der Waals surface area contributed by atoms with Crippen LogP contribution in [0.4, 0.5) is 0 Å². The summed E-state index contributed by atoms with van der Waals surface area (Å²) in [5.74, 6) is -0.0134. The number of hydrogen-bond donors (Lipinski definition) is 1. The van der Waals surface area contributed by atoms with E-state index in [1.807, 2.05) is 30.3 Å². The largest absolute Gasteiger partial charge is 0.348 e. The van der Waals surface area contributed by atoms with Gasteiger partial charge in [-0.2, -0.15) is 5.26 Å². The van der Waals surface area contributed by atoms with Crippen molar-refractivity contribution in [1.82, 2.24) is 5.32 Å². The second-order valence-electron chi connectivity index (χ2n) is 4.20. The maximum Gasteiger partial charge on any atom is 0.251 e. The molecule has 1 heterocycles. The van der Waals surface area contributed by atoms with Crippen LogP contribution in [0.3, 0.4) is 0 Å². The third-order valence-corrected chi connectivity index (χ3v) is 3.17. The predicted molar refractivity (Wildman–Crippen MR) is 67.8 cm³/mol. The van der Waals surface area contributed by atoms with Crippen molar-refractivity contribution in [2.45, 2.75) is 6.54 Å². The number of nitrogens with one attached hydrogen (secondary N) is 1. The summed E-state index contributed by atoms with van der Waals surface area (Å²) in [4.78, 5) is 11.6. The average Bonchev–Trinajstić information content (AvgIpc) is 2.81. The summed E-state index contributed by atoms with van der Waals surface area (Å²) >= 11 is 0. The number of nitriles is 1. The van der Waals surface area contributed by atoms with Crippen molar-refractivity contribution < 1.29 is 4.79 Å². The first kappa shape index (κ1) is 10.5. The highest BCUT2D eigenvalue weighted by atomic mass is 16.1. The number of rotatable bonds is 1. The Labute approximate surface area is 105 Å². The van der Waals surface area contributed by atoms with Crippen LogP contribution in [0.1, 0.15) is 21.5 Å². The third-order valence-electron chi connectivity index (χ3n) is 3.17. The van der Waals surface area contributed by atoms with Crippen molar-refractivity contribution in [3.63, 3.8) is 0 Å². The van der Waals surface area contributed by atoms with Gasteiger partial charge in [-0.3, -0.25) is 4.79 Å². The molecule has 0 spiro atoms. The first-order chi connectivity index (χ1) is 8.79. The average molecular weight is 234 g/mol. The van der Waals surface area contributed by atoms with Crippen LogP contribution in [0.5, 0.6) is 0 Å². The smallest absolute Gasteiger partial charge is 0.251 e. The highest BCUT2D eigenvalue weighted by molar-refractivity contribution is 6.00. The normalized spacial score (nSPS) is 12.7. The van der Waals surface area contributed by atoms with Crippen LogP contribution in [0.15, 0.2) is 42.5 Å². The summed E-state index contributed by atoms with van der Waals surface area (Å²) in [5.41, 5.74) is 4.50. The van der Waals surface area contributed by atoms with Crippen molar-refractivity contribution in [3.05, 3.63) is 59.2 Å². The van der Waals surface area contributed by atoms with Gasteiger partial charge in [0.15, 0.2) is 0 Å². The van der Waals surface area contributed by atoms with Gasteiger partial charge in [-0.05, 0) is 34.9 Å². The third kappa shape index (κ3) is 1.56. The summed E-state index contributed by atoms with van der Waals surface area (Å²) in [6.45, 7) is 0.574. The Bertz CT molecular complexity index is 666. The van der Waals surface area contributed by atoms with E-state index in [1.165, 1.54) is 0 Å². The number of fused-ring (bicyclic) bond motifs is 1. The second kappa shape index (κ2) is 4.01. The van der Waals surface area contributed by atoms with E-state index in [9.17, 15) is 4.79 Å². The lowest BCUT2D eigenvalue weighted by Crippen LogP contribution is -2.12. The minimum Gasteiger partial charge on any atom is -0.348 e. The molecule has 18 heavy (non-hydrogen) atoms. The van der Waals surface area contributed by atoms with Gasteiger partial charge >= 0.3 is 0 Å². The highest BCUT2D eigenvalue weighted by Gasteiger charge is 2.21. The molecule has 3 heteroatoms. The molecular formula is C15H10N2O. The standard InChI is InChI=1S/C15H10N2O/c16-8-10-4-6-11(7-5-10)12-2-1-3-13-14(12)9-17-15(13)18/h1-7H,9H2,(H,17,18). The van der Waals surface area contributed by atoms with Crippen LogP contribution >= 0.6 is 0 Å². The molecule has 2 aromatic rings. The number of carbonyl (C=O) groups is 1. The summed E-state index contributed by atoms with van der Waals surface area (Å²) in [7, 11) is 0. The molecule has 0 bridgehead atoms. The fraction of sp³-hybridized carbons (Fsp3) is 0.0667. The molecule has 86 valence electrons. The molecule has 2 aromatic carbocycles. The quantitative estimate of drug-likeness (QED) is 0.824. The van der Waals surface area contributed by atoms with Crippen molar-refractivity contribution in [2.24, 2.45) is 0 Å². The molecule has 0 unspecified atom stereocenters. The van der Waals surface area contributed by atoms with Crippen LogP contribution in [-0.2, 0) is 6.54 Å². The molecule has 0 radical (unpaired) electrons. The minimum atomic E-state index is -0.0134. The van der Waals surface area contributed by atoms with Crippen LogP contribution in [0.25, 0.3) is 11.1 Å². The lowest BCUT2D eigenvalue weighted by molar-refractivity contribution is 0.0966. The molecule has 1 amide bonds. The molecule has 3 rings (SSSR count). The first-order valence-electron chi connectivity index (χ1n) is 5.70. The van der Waals surface area contributed by atoms with Crippen molar-refractivity contribution >= 4 is 5.91 Å². The van der Waals surface area contributed by atoms with Gasteiger partial charge in [0, 0.05) is 12.1 Å². The SMILES string of the molecule is N#Cc1ccc(-c2cccc3c2CNC3=O)cc1. The molecule has 1 aliphatic rings. The van der Waals surface area contributed by atoms with Crippen LogP contribution in [-0.4, -0.2) is 5.91 Å².